The van der Waals surface area contributed by atoms with Crippen molar-refractivity contribution in [2.75, 3.05) is 7.11 Å². The summed E-state index contributed by atoms with van der Waals surface area (Å²) in [6, 6.07) is 1.59. The van der Waals surface area contributed by atoms with Gasteiger partial charge in [-0.2, -0.15) is 0 Å². The molecule has 0 saturated heterocycles. The molecule has 2 heterocycles. The minimum Gasteiger partial charge on any atom is -0.465 e. The normalized spacial score (nSPS) is 10.6. The standard InChI is InChI=1S/C8H4Cl2N2O2S/c1-14-7(13)4-2-3-5(9)11-8(10)12-6(3)15-4/h2H,1H3. The minimum absolute atomic E-state index is 0.0609. The lowest BCUT2D eigenvalue weighted by Crippen LogP contribution is -1.96. The highest BCUT2D eigenvalue weighted by molar-refractivity contribution is 7.20. The van der Waals surface area contributed by atoms with Gasteiger partial charge in [-0.15, -0.1) is 11.3 Å². The van der Waals surface area contributed by atoms with Gasteiger partial charge in [0.2, 0.25) is 5.28 Å². The van der Waals surface area contributed by atoms with E-state index in [1.165, 1.54) is 7.11 Å². The maximum Gasteiger partial charge on any atom is 0.348 e. The Morgan fingerprint density at radius 3 is 2.87 bits per heavy atom. The number of hydrogen-bond acceptors (Lipinski definition) is 5. The van der Waals surface area contributed by atoms with Crippen molar-refractivity contribution in [1.82, 2.24) is 9.97 Å². The topological polar surface area (TPSA) is 52.1 Å². The molecular formula is C8H4Cl2N2O2S. The van der Waals surface area contributed by atoms with Crippen LogP contribution in [0.1, 0.15) is 9.67 Å². The SMILES string of the molecule is COC(=O)c1cc2c(Cl)nc(Cl)nc2s1. The number of aromatic nitrogens is 2. The number of thiophene rings is 1. The molecule has 0 aliphatic carbocycles. The Hall–Kier alpha value is -0.910. The van der Waals surface area contributed by atoms with Crippen molar-refractivity contribution in [3.8, 4) is 0 Å². The monoisotopic (exact) mass is 262 g/mol. The van der Waals surface area contributed by atoms with Gasteiger partial charge in [0.1, 0.15) is 14.9 Å². The molecule has 0 unspecified atom stereocenters. The average molecular weight is 263 g/mol. The van der Waals surface area contributed by atoms with Crippen molar-refractivity contribution in [2.45, 2.75) is 0 Å². The molecule has 0 amide bonds. The second-order valence-electron chi connectivity index (χ2n) is 2.60. The number of hydrogen-bond donors (Lipinski definition) is 0. The third kappa shape index (κ3) is 1.90. The third-order valence-corrected chi connectivity index (χ3v) is 3.17. The van der Waals surface area contributed by atoms with E-state index in [1.54, 1.807) is 6.07 Å². The molecule has 0 aliphatic heterocycles. The second kappa shape index (κ2) is 3.92. The van der Waals surface area contributed by atoms with E-state index >= 15 is 0 Å². The summed E-state index contributed by atoms with van der Waals surface area (Å²) in [6.07, 6.45) is 0. The Balaban J connectivity index is 2.65. The zero-order valence-electron chi connectivity index (χ0n) is 7.45. The van der Waals surface area contributed by atoms with Crippen LogP contribution in [0.25, 0.3) is 10.2 Å². The Labute approximate surface area is 98.8 Å². The van der Waals surface area contributed by atoms with Crippen molar-refractivity contribution in [2.24, 2.45) is 0 Å². The van der Waals surface area contributed by atoms with E-state index in [1.807, 2.05) is 0 Å². The fourth-order valence-corrected chi connectivity index (χ4v) is 2.56. The van der Waals surface area contributed by atoms with Gasteiger partial charge < -0.3 is 4.74 Å². The molecule has 15 heavy (non-hydrogen) atoms. The average Bonchev–Trinajstić information content (AvgIpc) is 2.60. The second-order valence-corrected chi connectivity index (χ2v) is 4.33. The molecule has 0 fully saturated rings. The first-order chi connectivity index (χ1) is 7.11. The number of halogens is 2. The molecule has 0 N–H and O–H groups in total. The van der Waals surface area contributed by atoms with Gasteiger partial charge in [0.05, 0.1) is 7.11 Å². The summed E-state index contributed by atoms with van der Waals surface area (Å²) in [6.45, 7) is 0. The summed E-state index contributed by atoms with van der Waals surface area (Å²) in [7, 11) is 1.31. The number of methoxy groups -OCH3 is 1. The van der Waals surface area contributed by atoms with Crippen LogP contribution in [0.4, 0.5) is 0 Å². The lowest BCUT2D eigenvalue weighted by molar-refractivity contribution is 0.0606. The summed E-state index contributed by atoms with van der Waals surface area (Å²) >= 11 is 12.6. The van der Waals surface area contributed by atoms with Gasteiger partial charge in [0.15, 0.2) is 0 Å². The number of rotatable bonds is 1. The highest BCUT2D eigenvalue weighted by atomic mass is 35.5. The third-order valence-electron chi connectivity index (χ3n) is 1.71. The molecule has 0 radical (unpaired) electrons. The molecule has 0 atom stereocenters. The van der Waals surface area contributed by atoms with E-state index < -0.39 is 5.97 Å². The smallest absolute Gasteiger partial charge is 0.348 e. The first-order valence-electron chi connectivity index (χ1n) is 3.82. The number of esters is 1. The van der Waals surface area contributed by atoms with E-state index in [4.69, 9.17) is 23.2 Å². The van der Waals surface area contributed by atoms with Crippen LogP contribution in [-0.4, -0.2) is 23.0 Å². The molecule has 0 aliphatic rings. The van der Waals surface area contributed by atoms with E-state index in [-0.39, 0.29) is 10.4 Å². The van der Waals surface area contributed by atoms with Crippen molar-refractivity contribution in [3.05, 3.63) is 21.4 Å². The molecule has 0 bridgehead atoms. The first-order valence-corrected chi connectivity index (χ1v) is 5.40. The van der Waals surface area contributed by atoms with Crippen molar-refractivity contribution in [1.29, 1.82) is 0 Å². The Kier molecular flexibility index (Phi) is 2.77. The number of nitrogens with zero attached hydrogens (tertiary/aromatic N) is 2. The molecule has 0 aromatic carbocycles. The van der Waals surface area contributed by atoms with Gasteiger partial charge in [-0.3, -0.25) is 0 Å². The fourth-order valence-electron chi connectivity index (χ4n) is 1.06. The summed E-state index contributed by atoms with van der Waals surface area (Å²) in [5.74, 6) is -0.426. The lowest BCUT2D eigenvalue weighted by Gasteiger charge is -1.91. The molecule has 4 nitrogen and oxygen atoms in total. The van der Waals surface area contributed by atoms with Crippen molar-refractivity contribution in [3.63, 3.8) is 0 Å². The van der Waals surface area contributed by atoms with Crippen LogP contribution < -0.4 is 0 Å². The zero-order valence-corrected chi connectivity index (χ0v) is 9.78. The number of ether oxygens (including phenoxy) is 1. The quantitative estimate of drug-likeness (QED) is 0.451. The minimum atomic E-state index is -0.426. The molecule has 2 aromatic rings. The van der Waals surface area contributed by atoms with Crippen LogP contribution in [0.3, 0.4) is 0 Å². The molecule has 78 valence electrons. The van der Waals surface area contributed by atoms with E-state index in [0.29, 0.717) is 15.1 Å². The largest absolute Gasteiger partial charge is 0.465 e. The van der Waals surface area contributed by atoms with Gasteiger partial charge in [-0.05, 0) is 17.7 Å². The van der Waals surface area contributed by atoms with Gasteiger partial charge in [0, 0.05) is 5.39 Å². The molecular weight excluding hydrogens is 259 g/mol. The first kappa shape index (κ1) is 10.6. The van der Waals surface area contributed by atoms with Crippen LogP contribution >= 0.6 is 34.5 Å². The number of fused-ring (bicyclic) bond motifs is 1. The Bertz CT molecular complexity index is 541. The number of carbonyl (C=O) groups is 1. The van der Waals surface area contributed by atoms with Gasteiger partial charge in [-0.25, -0.2) is 14.8 Å². The van der Waals surface area contributed by atoms with E-state index in [9.17, 15) is 4.79 Å². The van der Waals surface area contributed by atoms with Crippen LogP contribution in [0.15, 0.2) is 6.07 Å². The molecule has 0 spiro atoms. The summed E-state index contributed by atoms with van der Waals surface area (Å²) in [4.78, 5) is 20.0. The highest BCUT2D eigenvalue weighted by Gasteiger charge is 2.14. The van der Waals surface area contributed by atoms with Crippen LogP contribution in [0.2, 0.25) is 10.4 Å². The van der Waals surface area contributed by atoms with E-state index in [0.717, 1.165) is 11.3 Å². The predicted molar refractivity (Wildman–Crippen MR) is 58.8 cm³/mol. The molecule has 2 rings (SSSR count). The van der Waals surface area contributed by atoms with Crippen LogP contribution in [0.5, 0.6) is 0 Å². The Morgan fingerprint density at radius 1 is 1.47 bits per heavy atom. The lowest BCUT2D eigenvalue weighted by atomic mass is 10.4. The van der Waals surface area contributed by atoms with Crippen molar-refractivity contribution < 1.29 is 9.53 Å². The maximum atomic E-state index is 11.2. The van der Waals surface area contributed by atoms with Gasteiger partial charge in [0.25, 0.3) is 0 Å². The number of carbonyl (C=O) groups excluding carboxylic acids is 1. The zero-order chi connectivity index (χ0) is 11.0. The molecule has 2 aromatic heterocycles. The molecule has 0 saturated carbocycles. The van der Waals surface area contributed by atoms with Crippen LogP contribution in [0, 0.1) is 0 Å². The van der Waals surface area contributed by atoms with Crippen molar-refractivity contribution >= 4 is 50.7 Å². The summed E-state index contributed by atoms with van der Waals surface area (Å²) < 4.78 is 4.58. The van der Waals surface area contributed by atoms with Crippen LogP contribution in [-0.2, 0) is 4.74 Å². The molecule has 7 heteroatoms. The fraction of sp³-hybridized carbons (Fsp3) is 0.125. The van der Waals surface area contributed by atoms with Gasteiger partial charge >= 0.3 is 5.97 Å². The predicted octanol–water partition coefficient (Wildman–Crippen LogP) is 2.78. The summed E-state index contributed by atoms with van der Waals surface area (Å²) in [5, 5.41) is 0.897. The van der Waals surface area contributed by atoms with Gasteiger partial charge in [-0.1, -0.05) is 11.6 Å². The highest BCUT2D eigenvalue weighted by Crippen LogP contribution is 2.29. The van der Waals surface area contributed by atoms with E-state index in [2.05, 4.69) is 14.7 Å². The summed E-state index contributed by atoms with van der Waals surface area (Å²) in [5.41, 5.74) is 0. The maximum absolute atomic E-state index is 11.2. The Morgan fingerprint density at radius 2 is 2.20 bits per heavy atom.